The van der Waals surface area contributed by atoms with Gasteiger partial charge in [0.15, 0.2) is 0 Å². The number of allylic oxidation sites excluding steroid dienone is 2. The molecule has 0 heterocycles. The summed E-state index contributed by atoms with van der Waals surface area (Å²) in [7, 11) is 0. The van der Waals surface area contributed by atoms with Gasteiger partial charge in [-0.25, -0.2) is 0 Å². The molecule has 1 atom stereocenters. The Balaban J connectivity index is 1.90. The van der Waals surface area contributed by atoms with Crippen LogP contribution in [0.1, 0.15) is 33.1 Å². The van der Waals surface area contributed by atoms with Gasteiger partial charge in [0.2, 0.25) is 0 Å². The highest BCUT2D eigenvalue weighted by Gasteiger charge is 2.08. The van der Waals surface area contributed by atoms with Crippen molar-refractivity contribution in [1.82, 2.24) is 5.32 Å². The van der Waals surface area contributed by atoms with E-state index in [0.717, 1.165) is 25.6 Å². The normalized spacial score (nSPS) is 21.8. The van der Waals surface area contributed by atoms with Crippen LogP contribution in [0, 0.1) is 5.92 Å². The summed E-state index contributed by atoms with van der Waals surface area (Å²) in [5.74, 6) is 0.846. The lowest BCUT2D eigenvalue weighted by Crippen LogP contribution is -2.27. The zero-order valence-corrected chi connectivity index (χ0v) is 9.46. The molecule has 0 saturated heterocycles. The standard InChI is InChI=1S/C12H23NO/c1-11(2)14-9-8-13-10-12-6-4-3-5-7-12/h3-4,11-13H,5-10H2,1-2H3. The first-order valence-corrected chi connectivity index (χ1v) is 5.76. The number of ether oxygens (including phenoxy) is 1. The fraction of sp³-hybridized carbons (Fsp3) is 0.833. The maximum Gasteiger partial charge on any atom is 0.0594 e. The van der Waals surface area contributed by atoms with Gasteiger partial charge in [-0.15, -0.1) is 0 Å². The van der Waals surface area contributed by atoms with E-state index in [4.69, 9.17) is 4.74 Å². The van der Waals surface area contributed by atoms with Crippen molar-refractivity contribution in [3.8, 4) is 0 Å². The Morgan fingerprint density at radius 3 is 2.93 bits per heavy atom. The van der Waals surface area contributed by atoms with Gasteiger partial charge < -0.3 is 10.1 Å². The summed E-state index contributed by atoms with van der Waals surface area (Å²) in [5.41, 5.74) is 0. The van der Waals surface area contributed by atoms with Gasteiger partial charge in [0.25, 0.3) is 0 Å². The van der Waals surface area contributed by atoms with E-state index in [1.165, 1.54) is 19.3 Å². The monoisotopic (exact) mass is 197 g/mol. The van der Waals surface area contributed by atoms with Gasteiger partial charge in [0, 0.05) is 6.54 Å². The minimum absolute atomic E-state index is 0.356. The molecule has 1 aliphatic rings. The molecule has 0 radical (unpaired) electrons. The van der Waals surface area contributed by atoms with Crippen molar-refractivity contribution < 1.29 is 4.74 Å². The van der Waals surface area contributed by atoms with Crippen LogP contribution in [0.5, 0.6) is 0 Å². The number of hydrogen-bond acceptors (Lipinski definition) is 2. The minimum atomic E-state index is 0.356. The molecule has 0 aromatic carbocycles. The van der Waals surface area contributed by atoms with Crippen LogP contribution in [-0.4, -0.2) is 25.8 Å². The summed E-state index contributed by atoms with van der Waals surface area (Å²) < 4.78 is 5.45. The van der Waals surface area contributed by atoms with Crippen molar-refractivity contribution in [3.05, 3.63) is 12.2 Å². The van der Waals surface area contributed by atoms with Crippen molar-refractivity contribution in [3.63, 3.8) is 0 Å². The zero-order chi connectivity index (χ0) is 10.2. The molecule has 14 heavy (non-hydrogen) atoms. The molecule has 0 aromatic rings. The van der Waals surface area contributed by atoms with Crippen LogP contribution in [0.15, 0.2) is 12.2 Å². The van der Waals surface area contributed by atoms with E-state index >= 15 is 0 Å². The van der Waals surface area contributed by atoms with Crippen LogP contribution < -0.4 is 5.32 Å². The predicted molar refractivity (Wildman–Crippen MR) is 60.4 cm³/mol. The fourth-order valence-corrected chi connectivity index (χ4v) is 1.71. The summed E-state index contributed by atoms with van der Waals surface area (Å²) in [6, 6.07) is 0. The number of hydrogen-bond donors (Lipinski definition) is 1. The lowest BCUT2D eigenvalue weighted by atomic mass is 9.94. The molecule has 0 aliphatic heterocycles. The van der Waals surface area contributed by atoms with E-state index in [1.54, 1.807) is 0 Å². The highest BCUT2D eigenvalue weighted by molar-refractivity contribution is 4.90. The molecule has 1 aliphatic carbocycles. The highest BCUT2D eigenvalue weighted by Crippen LogP contribution is 2.16. The molecule has 0 spiro atoms. The van der Waals surface area contributed by atoms with Crippen molar-refractivity contribution >= 4 is 0 Å². The second-order valence-corrected chi connectivity index (χ2v) is 4.27. The summed E-state index contributed by atoms with van der Waals surface area (Å²) in [6.07, 6.45) is 8.80. The van der Waals surface area contributed by atoms with Gasteiger partial charge in [-0.2, -0.15) is 0 Å². The van der Waals surface area contributed by atoms with Gasteiger partial charge in [-0.1, -0.05) is 12.2 Å². The molecule has 2 heteroatoms. The molecule has 0 bridgehead atoms. The molecule has 1 rings (SSSR count). The Bertz CT molecular complexity index is 166. The molecule has 0 fully saturated rings. The molecule has 82 valence electrons. The van der Waals surface area contributed by atoms with E-state index in [0.29, 0.717) is 6.10 Å². The summed E-state index contributed by atoms with van der Waals surface area (Å²) in [6.45, 7) is 7.11. The Kier molecular flexibility index (Phi) is 5.88. The minimum Gasteiger partial charge on any atom is -0.377 e. The topological polar surface area (TPSA) is 21.3 Å². The molecule has 0 amide bonds. The smallest absolute Gasteiger partial charge is 0.0594 e. The van der Waals surface area contributed by atoms with Crippen molar-refractivity contribution in [2.24, 2.45) is 5.92 Å². The van der Waals surface area contributed by atoms with Crippen LogP contribution in [0.25, 0.3) is 0 Å². The largest absolute Gasteiger partial charge is 0.377 e. The summed E-state index contributed by atoms with van der Waals surface area (Å²) in [5, 5.41) is 3.45. The molecule has 0 aromatic heterocycles. The van der Waals surface area contributed by atoms with E-state index in [9.17, 15) is 0 Å². The van der Waals surface area contributed by atoms with Crippen molar-refractivity contribution in [2.45, 2.75) is 39.2 Å². The average molecular weight is 197 g/mol. The van der Waals surface area contributed by atoms with Crippen LogP contribution >= 0.6 is 0 Å². The molecular formula is C12H23NO. The van der Waals surface area contributed by atoms with Crippen molar-refractivity contribution in [1.29, 1.82) is 0 Å². The Hall–Kier alpha value is -0.340. The summed E-state index contributed by atoms with van der Waals surface area (Å²) >= 11 is 0. The first-order chi connectivity index (χ1) is 6.79. The lowest BCUT2D eigenvalue weighted by molar-refractivity contribution is 0.0803. The SMILES string of the molecule is CC(C)OCCNCC1CC=CCC1. The lowest BCUT2D eigenvalue weighted by Gasteiger charge is -2.18. The summed E-state index contributed by atoms with van der Waals surface area (Å²) in [4.78, 5) is 0. The van der Waals surface area contributed by atoms with Crippen molar-refractivity contribution in [2.75, 3.05) is 19.7 Å². The average Bonchev–Trinajstić information content (AvgIpc) is 2.18. The van der Waals surface area contributed by atoms with E-state index in [1.807, 2.05) is 0 Å². The predicted octanol–water partition coefficient (Wildman–Crippen LogP) is 2.36. The number of rotatable bonds is 6. The maximum absolute atomic E-state index is 5.45. The fourth-order valence-electron chi connectivity index (χ4n) is 1.71. The molecule has 0 saturated carbocycles. The van der Waals surface area contributed by atoms with Gasteiger partial charge >= 0.3 is 0 Å². The molecule has 1 N–H and O–H groups in total. The Labute approximate surface area is 87.7 Å². The van der Waals surface area contributed by atoms with Gasteiger partial charge in [-0.05, 0) is 45.6 Å². The first kappa shape index (κ1) is 11.7. The number of nitrogens with one attached hydrogen (secondary N) is 1. The van der Waals surface area contributed by atoms with E-state index < -0.39 is 0 Å². The van der Waals surface area contributed by atoms with Gasteiger partial charge in [-0.3, -0.25) is 0 Å². The third-order valence-corrected chi connectivity index (χ3v) is 2.54. The van der Waals surface area contributed by atoms with E-state index in [2.05, 4.69) is 31.3 Å². The van der Waals surface area contributed by atoms with Gasteiger partial charge in [0.05, 0.1) is 12.7 Å². The Morgan fingerprint density at radius 1 is 1.43 bits per heavy atom. The third-order valence-electron chi connectivity index (χ3n) is 2.54. The van der Waals surface area contributed by atoms with Crippen LogP contribution in [0.4, 0.5) is 0 Å². The van der Waals surface area contributed by atoms with Gasteiger partial charge in [0.1, 0.15) is 0 Å². The molecule has 1 unspecified atom stereocenters. The van der Waals surface area contributed by atoms with Crippen LogP contribution in [0.3, 0.4) is 0 Å². The second kappa shape index (κ2) is 7.02. The molecular weight excluding hydrogens is 174 g/mol. The quantitative estimate of drug-likeness (QED) is 0.521. The Morgan fingerprint density at radius 2 is 2.29 bits per heavy atom. The molecule has 2 nitrogen and oxygen atoms in total. The first-order valence-electron chi connectivity index (χ1n) is 5.76. The second-order valence-electron chi connectivity index (χ2n) is 4.27. The van der Waals surface area contributed by atoms with E-state index in [-0.39, 0.29) is 0 Å². The van der Waals surface area contributed by atoms with Crippen LogP contribution in [0.2, 0.25) is 0 Å². The zero-order valence-electron chi connectivity index (χ0n) is 9.46. The third kappa shape index (κ3) is 5.40. The highest BCUT2D eigenvalue weighted by atomic mass is 16.5. The van der Waals surface area contributed by atoms with Crippen LogP contribution in [-0.2, 0) is 4.74 Å². The maximum atomic E-state index is 5.45.